The second-order valence-corrected chi connectivity index (χ2v) is 5.95. The fourth-order valence-electron chi connectivity index (χ4n) is 2.92. The second kappa shape index (κ2) is 6.18. The molecule has 22 heavy (non-hydrogen) atoms. The molecule has 1 aliphatic heterocycles. The Kier molecular flexibility index (Phi) is 4.09. The van der Waals surface area contributed by atoms with Crippen molar-refractivity contribution in [2.45, 2.75) is 38.3 Å². The quantitative estimate of drug-likeness (QED) is 0.908. The van der Waals surface area contributed by atoms with Crippen LogP contribution in [-0.4, -0.2) is 23.9 Å². The van der Waals surface area contributed by atoms with Crippen molar-refractivity contribution >= 4 is 22.6 Å². The highest BCUT2D eigenvalue weighted by Crippen LogP contribution is 2.16. The normalized spacial score (nSPS) is 19.0. The molecule has 0 aromatic heterocycles. The van der Waals surface area contributed by atoms with Crippen LogP contribution in [0.15, 0.2) is 42.5 Å². The molecule has 2 aromatic rings. The maximum Gasteiger partial charge on any atom is 0.242 e. The summed E-state index contributed by atoms with van der Waals surface area (Å²) in [5, 5.41) is 8.11. The number of rotatable bonds is 4. The molecule has 2 aromatic carbocycles. The van der Waals surface area contributed by atoms with Gasteiger partial charge >= 0.3 is 0 Å². The number of carbonyl (C=O) groups excluding carboxylic acids is 2. The Balaban J connectivity index is 1.61. The summed E-state index contributed by atoms with van der Waals surface area (Å²) in [7, 11) is 0. The topological polar surface area (TPSA) is 58.2 Å². The van der Waals surface area contributed by atoms with Crippen LogP contribution < -0.4 is 10.6 Å². The smallest absolute Gasteiger partial charge is 0.242 e. The molecule has 114 valence electrons. The third kappa shape index (κ3) is 3.27. The predicted molar refractivity (Wildman–Crippen MR) is 86.4 cm³/mol. The van der Waals surface area contributed by atoms with Gasteiger partial charge in [0.1, 0.15) is 6.04 Å². The molecule has 0 radical (unpaired) electrons. The van der Waals surface area contributed by atoms with Crippen molar-refractivity contribution in [1.29, 1.82) is 0 Å². The number of carbonyl (C=O) groups is 2. The van der Waals surface area contributed by atoms with Gasteiger partial charge in [0.15, 0.2) is 0 Å². The van der Waals surface area contributed by atoms with Crippen LogP contribution in [0.5, 0.6) is 0 Å². The Morgan fingerprint density at radius 2 is 2.05 bits per heavy atom. The molecule has 4 heteroatoms. The first kappa shape index (κ1) is 14.6. The van der Waals surface area contributed by atoms with Crippen molar-refractivity contribution in [3.63, 3.8) is 0 Å². The van der Waals surface area contributed by atoms with Gasteiger partial charge in [0.25, 0.3) is 0 Å². The van der Waals surface area contributed by atoms with Crippen molar-refractivity contribution in [1.82, 2.24) is 10.6 Å². The fourth-order valence-corrected chi connectivity index (χ4v) is 2.92. The van der Waals surface area contributed by atoms with Gasteiger partial charge in [-0.25, -0.2) is 0 Å². The second-order valence-electron chi connectivity index (χ2n) is 5.95. The van der Waals surface area contributed by atoms with Gasteiger partial charge in [-0.2, -0.15) is 0 Å². The molecule has 4 nitrogen and oxygen atoms in total. The average molecular weight is 296 g/mol. The van der Waals surface area contributed by atoms with Crippen LogP contribution in [0, 0.1) is 0 Å². The molecule has 1 saturated heterocycles. The minimum absolute atomic E-state index is 0.0335. The predicted octanol–water partition coefficient (Wildman–Crippen LogP) is 2.17. The fraction of sp³-hybridized carbons (Fsp3) is 0.333. The first-order valence-electron chi connectivity index (χ1n) is 7.69. The third-order valence-corrected chi connectivity index (χ3v) is 4.06. The van der Waals surface area contributed by atoms with Crippen molar-refractivity contribution in [2.24, 2.45) is 0 Å². The van der Waals surface area contributed by atoms with Gasteiger partial charge in [0.05, 0.1) is 0 Å². The van der Waals surface area contributed by atoms with E-state index in [1.165, 1.54) is 16.3 Å². The maximum atomic E-state index is 12.1. The lowest BCUT2D eigenvalue weighted by Crippen LogP contribution is -2.45. The van der Waals surface area contributed by atoms with Gasteiger partial charge < -0.3 is 10.6 Å². The monoisotopic (exact) mass is 296 g/mol. The SMILES string of the molecule is C[C@@H](Cc1ccc2ccccc2c1)NC(=O)[C@@H]1CCC(=O)N1. The summed E-state index contributed by atoms with van der Waals surface area (Å²) < 4.78 is 0. The van der Waals surface area contributed by atoms with Crippen molar-refractivity contribution < 1.29 is 9.59 Å². The molecule has 0 saturated carbocycles. The molecule has 0 unspecified atom stereocenters. The number of fused-ring (bicyclic) bond motifs is 1. The number of amides is 2. The standard InChI is InChI=1S/C18H20N2O2/c1-12(19-18(22)16-8-9-17(21)20-16)10-13-6-7-14-4-2-3-5-15(14)11-13/h2-7,11-12,16H,8-10H2,1H3,(H,19,22)(H,20,21)/t12-,16-/m0/s1. The Morgan fingerprint density at radius 1 is 1.27 bits per heavy atom. The van der Waals surface area contributed by atoms with Gasteiger partial charge in [-0.1, -0.05) is 42.5 Å². The van der Waals surface area contributed by atoms with E-state index < -0.39 is 0 Å². The van der Waals surface area contributed by atoms with Crippen LogP contribution in [0.2, 0.25) is 0 Å². The summed E-state index contributed by atoms with van der Waals surface area (Å²) in [4.78, 5) is 23.2. The van der Waals surface area contributed by atoms with Crippen LogP contribution in [0.25, 0.3) is 10.8 Å². The van der Waals surface area contributed by atoms with Gasteiger partial charge in [-0.3, -0.25) is 9.59 Å². The molecule has 0 bridgehead atoms. The Hall–Kier alpha value is -2.36. The van der Waals surface area contributed by atoms with Crippen LogP contribution in [0.4, 0.5) is 0 Å². The van der Waals surface area contributed by atoms with Crippen LogP contribution in [0.1, 0.15) is 25.3 Å². The zero-order chi connectivity index (χ0) is 15.5. The molecule has 2 N–H and O–H groups in total. The summed E-state index contributed by atoms with van der Waals surface area (Å²) in [5.41, 5.74) is 1.20. The van der Waals surface area contributed by atoms with E-state index >= 15 is 0 Å². The molecule has 2 atom stereocenters. The highest BCUT2D eigenvalue weighted by atomic mass is 16.2. The summed E-state index contributed by atoms with van der Waals surface area (Å²) in [6.45, 7) is 1.99. The number of hydrogen-bond donors (Lipinski definition) is 2. The minimum Gasteiger partial charge on any atom is -0.352 e. The minimum atomic E-state index is -0.369. The zero-order valence-electron chi connectivity index (χ0n) is 12.6. The highest BCUT2D eigenvalue weighted by Gasteiger charge is 2.27. The van der Waals surface area contributed by atoms with Crippen molar-refractivity contribution in [2.75, 3.05) is 0 Å². The lowest BCUT2D eigenvalue weighted by molar-refractivity contribution is -0.126. The number of benzene rings is 2. The van der Waals surface area contributed by atoms with E-state index in [1.54, 1.807) is 0 Å². The van der Waals surface area contributed by atoms with Gasteiger partial charge in [-0.15, -0.1) is 0 Å². The van der Waals surface area contributed by atoms with Crippen molar-refractivity contribution in [3.8, 4) is 0 Å². The van der Waals surface area contributed by atoms with Gasteiger partial charge in [0.2, 0.25) is 11.8 Å². The first-order valence-corrected chi connectivity index (χ1v) is 7.69. The summed E-state index contributed by atoms with van der Waals surface area (Å²) in [5.74, 6) is -0.124. The van der Waals surface area contributed by atoms with E-state index in [2.05, 4.69) is 41.0 Å². The lowest BCUT2D eigenvalue weighted by Gasteiger charge is -2.17. The van der Waals surface area contributed by atoms with E-state index in [0.717, 1.165) is 6.42 Å². The van der Waals surface area contributed by atoms with Gasteiger partial charge in [0, 0.05) is 12.5 Å². The summed E-state index contributed by atoms with van der Waals surface area (Å²) in [6, 6.07) is 14.3. The van der Waals surface area contributed by atoms with Crippen LogP contribution in [-0.2, 0) is 16.0 Å². The largest absolute Gasteiger partial charge is 0.352 e. The molecule has 1 heterocycles. The van der Waals surface area contributed by atoms with Crippen LogP contribution >= 0.6 is 0 Å². The molecular formula is C18H20N2O2. The summed E-state index contributed by atoms with van der Waals surface area (Å²) in [6.07, 6.45) is 1.81. The Bertz CT molecular complexity index is 711. The molecule has 0 aliphatic carbocycles. The van der Waals surface area contributed by atoms with E-state index in [-0.39, 0.29) is 23.9 Å². The van der Waals surface area contributed by atoms with Gasteiger partial charge in [-0.05, 0) is 36.1 Å². The Labute approximate surface area is 129 Å². The third-order valence-electron chi connectivity index (χ3n) is 4.06. The number of hydrogen-bond acceptors (Lipinski definition) is 2. The van der Waals surface area contributed by atoms with E-state index in [9.17, 15) is 9.59 Å². The lowest BCUT2D eigenvalue weighted by atomic mass is 10.0. The van der Waals surface area contributed by atoms with Crippen LogP contribution in [0.3, 0.4) is 0 Å². The molecule has 2 amide bonds. The molecular weight excluding hydrogens is 276 g/mol. The molecule has 3 rings (SSSR count). The molecule has 0 spiro atoms. The summed E-state index contributed by atoms with van der Waals surface area (Å²) >= 11 is 0. The zero-order valence-corrected chi connectivity index (χ0v) is 12.6. The first-order chi connectivity index (χ1) is 10.6. The van der Waals surface area contributed by atoms with E-state index in [4.69, 9.17) is 0 Å². The molecule has 1 fully saturated rings. The Morgan fingerprint density at radius 3 is 2.77 bits per heavy atom. The average Bonchev–Trinajstić information content (AvgIpc) is 2.94. The van der Waals surface area contributed by atoms with E-state index in [0.29, 0.717) is 12.8 Å². The number of nitrogens with one attached hydrogen (secondary N) is 2. The molecule has 1 aliphatic rings. The van der Waals surface area contributed by atoms with Crippen molar-refractivity contribution in [3.05, 3.63) is 48.0 Å². The highest BCUT2D eigenvalue weighted by molar-refractivity contribution is 5.90. The van der Waals surface area contributed by atoms with E-state index in [1.807, 2.05) is 19.1 Å². The maximum absolute atomic E-state index is 12.1.